The maximum absolute atomic E-state index is 12.8. The fourth-order valence-electron chi connectivity index (χ4n) is 1.86. The summed E-state index contributed by atoms with van der Waals surface area (Å²) < 4.78 is 99.8. The van der Waals surface area contributed by atoms with Gasteiger partial charge in [0.25, 0.3) is 20.1 Å². The molecule has 1 aromatic carbocycles. The van der Waals surface area contributed by atoms with Crippen molar-refractivity contribution in [2.75, 3.05) is 31.9 Å². The zero-order valence-electron chi connectivity index (χ0n) is 14.3. The van der Waals surface area contributed by atoms with Gasteiger partial charge in [0.05, 0.1) is 36.8 Å². The summed E-state index contributed by atoms with van der Waals surface area (Å²) in [6.07, 6.45) is 1.65. The molecule has 0 saturated carbocycles. The Morgan fingerprint density at radius 2 is 1.30 bits per heavy atom. The van der Waals surface area contributed by atoms with Gasteiger partial charge in [0, 0.05) is 5.02 Å². The van der Waals surface area contributed by atoms with E-state index < -0.39 is 58.2 Å². The first-order valence-electron chi connectivity index (χ1n) is 6.79. The Morgan fingerprint density at radius 1 is 0.852 bits per heavy atom. The maximum Gasteiger partial charge on any atom is 0.264 e. The van der Waals surface area contributed by atoms with E-state index in [2.05, 4.69) is 4.18 Å². The van der Waals surface area contributed by atoms with E-state index in [9.17, 15) is 33.7 Å². The molecule has 0 radical (unpaired) electrons. The summed E-state index contributed by atoms with van der Waals surface area (Å²) in [7, 11) is -18.0. The van der Waals surface area contributed by atoms with Crippen molar-refractivity contribution in [3.63, 3.8) is 0 Å². The normalized spacial score (nSPS) is 14.0. The molecule has 0 aromatic heterocycles. The van der Waals surface area contributed by atoms with E-state index in [0.29, 0.717) is 18.8 Å². The van der Waals surface area contributed by atoms with Crippen LogP contribution in [0.1, 0.15) is 0 Å². The second-order valence-corrected chi connectivity index (χ2v) is 13.0. The van der Waals surface area contributed by atoms with Crippen LogP contribution in [0.3, 0.4) is 0 Å². The van der Waals surface area contributed by atoms with E-state index in [1.807, 2.05) is 0 Å². The average molecular weight is 485 g/mol. The molecule has 0 saturated heterocycles. The van der Waals surface area contributed by atoms with Crippen LogP contribution in [0.15, 0.2) is 29.2 Å². The van der Waals surface area contributed by atoms with Crippen LogP contribution in [0.5, 0.6) is 0 Å². The van der Waals surface area contributed by atoms with Gasteiger partial charge in [0.2, 0.25) is 20.0 Å². The first-order valence-corrected chi connectivity index (χ1v) is 14.1. The van der Waals surface area contributed by atoms with Gasteiger partial charge >= 0.3 is 0 Å². The summed E-state index contributed by atoms with van der Waals surface area (Å²) in [4.78, 5) is -0.469. The maximum atomic E-state index is 12.8. The summed E-state index contributed by atoms with van der Waals surface area (Å²) in [6, 6.07) is 4.46. The van der Waals surface area contributed by atoms with Gasteiger partial charge in [0.1, 0.15) is 0 Å². The van der Waals surface area contributed by atoms with E-state index in [1.54, 1.807) is 0 Å². The molecule has 0 spiro atoms. The first-order chi connectivity index (χ1) is 12.0. The largest absolute Gasteiger partial charge is 0.269 e. The molecule has 1 rings (SSSR count). The number of benzene rings is 1. The number of halogens is 1. The lowest BCUT2D eigenvalue weighted by Gasteiger charge is -2.29. The molecule has 0 heterocycles. The van der Waals surface area contributed by atoms with Gasteiger partial charge in [-0.15, -0.1) is 4.41 Å². The van der Waals surface area contributed by atoms with Crippen molar-refractivity contribution in [1.82, 2.24) is 8.23 Å². The molecule has 11 nitrogen and oxygen atoms in total. The molecule has 156 valence electrons. The van der Waals surface area contributed by atoms with Gasteiger partial charge in [-0.1, -0.05) is 11.6 Å². The minimum atomic E-state index is -4.73. The number of sulfonamides is 3. The van der Waals surface area contributed by atoms with Crippen LogP contribution in [-0.4, -0.2) is 73.8 Å². The van der Waals surface area contributed by atoms with E-state index in [0.717, 1.165) is 12.1 Å². The standard InChI is InChI=1S/C11H17ClN2O9S4/c1-24(15,16)14(25(2,17)18)13(8-9-23-26(3,19)20)27(21,22)11-6-4-10(12)5-7-11/h4-7H,8-9H2,1-3H3. The molecule has 0 unspecified atom stereocenters. The van der Waals surface area contributed by atoms with Gasteiger partial charge in [-0.25, -0.2) is 25.3 Å². The molecule has 0 aliphatic carbocycles. The Labute approximate surface area is 163 Å². The van der Waals surface area contributed by atoms with Crippen LogP contribution < -0.4 is 0 Å². The Balaban J connectivity index is 3.55. The van der Waals surface area contributed by atoms with Gasteiger partial charge in [-0.05, 0) is 28.1 Å². The smallest absolute Gasteiger partial charge is 0.264 e. The Hall–Kier alpha value is -0.810. The summed E-state index contributed by atoms with van der Waals surface area (Å²) in [5.74, 6) is 0. The van der Waals surface area contributed by atoms with Crippen molar-refractivity contribution in [3.8, 4) is 0 Å². The van der Waals surface area contributed by atoms with E-state index in [4.69, 9.17) is 11.6 Å². The van der Waals surface area contributed by atoms with E-state index in [1.165, 1.54) is 12.1 Å². The molecule has 0 bridgehead atoms. The van der Waals surface area contributed by atoms with Crippen molar-refractivity contribution in [1.29, 1.82) is 0 Å². The molecular weight excluding hydrogens is 468 g/mol. The highest BCUT2D eigenvalue weighted by Gasteiger charge is 2.41. The zero-order chi connectivity index (χ0) is 21.3. The molecule has 0 amide bonds. The van der Waals surface area contributed by atoms with Crippen LogP contribution in [0.4, 0.5) is 0 Å². The number of hydrogen-bond donors (Lipinski definition) is 0. The molecule has 16 heteroatoms. The summed E-state index contributed by atoms with van der Waals surface area (Å²) >= 11 is 5.69. The minimum Gasteiger partial charge on any atom is -0.269 e. The quantitative estimate of drug-likeness (QED) is 0.331. The lowest BCUT2D eigenvalue weighted by Crippen LogP contribution is -2.52. The zero-order valence-corrected chi connectivity index (χ0v) is 18.3. The van der Waals surface area contributed by atoms with E-state index >= 15 is 0 Å². The highest BCUT2D eigenvalue weighted by atomic mass is 35.5. The third kappa shape index (κ3) is 6.94. The van der Waals surface area contributed by atoms with Crippen LogP contribution in [0.25, 0.3) is 0 Å². The monoisotopic (exact) mass is 484 g/mol. The van der Waals surface area contributed by atoms with Crippen LogP contribution in [0.2, 0.25) is 5.02 Å². The summed E-state index contributed by atoms with van der Waals surface area (Å²) in [6.45, 7) is -1.74. The van der Waals surface area contributed by atoms with Crippen LogP contribution in [0, 0.1) is 0 Å². The summed E-state index contributed by atoms with van der Waals surface area (Å²) in [5, 5.41) is 0.184. The average Bonchev–Trinajstić information content (AvgIpc) is 2.42. The molecule has 0 fully saturated rings. The third-order valence-corrected chi connectivity index (χ3v) is 8.69. The van der Waals surface area contributed by atoms with Crippen molar-refractivity contribution < 1.29 is 37.9 Å². The first kappa shape index (κ1) is 24.2. The second kappa shape index (κ2) is 8.28. The molecule has 0 N–H and O–H groups in total. The van der Waals surface area contributed by atoms with Gasteiger partial charge in [-0.3, -0.25) is 4.18 Å². The topological polar surface area (TPSA) is 152 Å². The number of hydrazine groups is 1. The van der Waals surface area contributed by atoms with Crippen LogP contribution >= 0.6 is 11.6 Å². The molecule has 0 aliphatic heterocycles. The molecule has 27 heavy (non-hydrogen) atoms. The van der Waals surface area contributed by atoms with Crippen LogP contribution in [-0.2, 0) is 44.4 Å². The third-order valence-electron chi connectivity index (χ3n) is 2.72. The van der Waals surface area contributed by atoms with Crippen molar-refractivity contribution in [2.45, 2.75) is 4.90 Å². The number of nitrogens with zero attached hydrogens (tertiary/aromatic N) is 2. The Morgan fingerprint density at radius 3 is 1.67 bits per heavy atom. The van der Waals surface area contributed by atoms with Gasteiger partial charge in [-0.2, -0.15) is 8.42 Å². The Bertz CT molecular complexity index is 1060. The Kier molecular flexibility index (Phi) is 7.43. The lowest BCUT2D eigenvalue weighted by molar-refractivity contribution is 0.207. The lowest BCUT2D eigenvalue weighted by atomic mass is 10.4. The fourth-order valence-corrected chi connectivity index (χ4v) is 7.62. The molecular formula is C11H17ClN2O9S4. The SMILES string of the molecule is CS(=O)(=O)OCCN(N(S(C)(=O)=O)S(C)(=O)=O)S(=O)(=O)c1ccc(Cl)cc1. The highest BCUT2D eigenvalue weighted by molar-refractivity contribution is 8.04. The van der Waals surface area contributed by atoms with Crippen molar-refractivity contribution in [3.05, 3.63) is 29.3 Å². The fraction of sp³-hybridized carbons (Fsp3) is 0.455. The summed E-state index contributed by atoms with van der Waals surface area (Å²) in [5.41, 5.74) is 0. The predicted molar refractivity (Wildman–Crippen MR) is 97.7 cm³/mol. The highest BCUT2D eigenvalue weighted by Crippen LogP contribution is 2.23. The second-order valence-electron chi connectivity index (χ2n) is 5.23. The number of hydrogen-bond acceptors (Lipinski definition) is 9. The predicted octanol–water partition coefficient (Wildman–Crippen LogP) is -0.557. The van der Waals surface area contributed by atoms with Gasteiger partial charge < -0.3 is 0 Å². The van der Waals surface area contributed by atoms with E-state index in [-0.39, 0.29) is 13.3 Å². The van der Waals surface area contributed by atoms with Crippen molar-refractivity contribution >= 4 is 51.8 Å². The number of rotatable bonds is 9. The molecule has 0 aliphatic rings. The molecule has 0 atom stereocenters. The van der Waals surface area contributed by atoms with Gasteiger partial charge in [0.15, 0.2) is 0 Å². The van der Waals surface area contributed by atoms with Crippen molar-refractivity contribution in [2.24, 2.45) is 0 Å². The molecule has 1 aromatic rings. The minimum absolute atomic E-state index is 0.00604.